The first-order valence-electron chi connectivity index (χ1n) is 7.71. The van der Waals surface area contributed by atoms with Gasteiger partial charge in [-0.3, -0.25) is 4.79 Å². The number of hydrogen-bond donors (Lipinski definition) is 1. The standard InChI is InChI=1S/C17H16ClN5O3/c1-11(17(24)20-15-8-12(18)6-7-16(15)25-2)26-14-5-3-4-13(9-14)23-10-19-21-22-23/h3-11H,1-2H3,(H,20,24)/t11-/m1/s1. The number of amides is 1. The smallest absolute Gasteiger partial charge is 0.265 e. The van der Waals surface area contributed by atoms with E-state index in [1.165, 1.54) is 18.1 Å². The second kappa shape index (κ2) is 7.83. The van der Waals surface area contributed by atoms with E-state index in [2.05, 4.69) is 20.8 Å². The summed E-state index contributed by atoms with van der Waals surface area (Å²) in [5.41, 5.74) is 1.19. The van der Waals surface area contributed by atoms with E-state index in [-0.39, 0.29) is 5.91 Å². The Balaban J connectivity index is 1.70. The number of halogens is 1. The van der Waals surface area contributed by atoms with Crippen LogP contribution in [0.1, 0.15) is 6.92 Å². The van der Waals surface area contributed by atoms with E-state index in [0.29, 0.717) is 22.2 Å². The van der Waals surface area contributed by atoms with E-state index >= 15 is 0 Å². The molecule has 134 valence electrons. The summed E-state index contributed by atoms with van der Waals surface area (Å²) in [5, 5.41) is 14.2. The molecule has 0 spiro atoms. The van der Waals surface area contributed by atoms with E-state index in [1.807, 2.05) is 6.07 Å². The summed E-state index contributed by atoms with van der Waals surface area (Å²) in [6, 6.07) is 12.1. The quantitative estimate of drug-likeness (QED) is 0.714. The van der Waals surface area contributed by atoms with Crippen molar-refractivity contribution in [3.63, 3.8) is 0 Å². The molecule has 0 bridgehead atoms. The summed E-state index contributed by atoms with van der Waals surface area (Å²) in [6.45, 7) is 1.65. The van der Waals surface area contributed by atoms with Gasteiger partial charge < -0.3 is 14.8 Å². The third-order valence-electron chi connectivity index (χ3n) is 3.53. The average molecular weight is 374 g/mol. The molecule has 1 N–H and O–H groups in total. The van der Waals surface area contributed by atoms with Gasteiger partial charge in [-0.05, 0) is 47.7 Å². The van der Waals surface area contributed by atoms with Crippen LogP contribution in [0.15, 0.2) is 48.8 Å². The average Bonchev–Trinajstić information content (AvgIpc) is 3.17. The van der Waals surface area contributed by atoms with Crippen LogP contribution in [0.4, 0.5) is 5.69 Å². The molecular formula is C17H16ClN5O3. The molecule has 0 unspecified atom stereocenters. The number of carbonyl (C=O) groups is 1. The van der Waals surface area contributed by atoms with Gasteiger partial charge in [0.2, 0.25) is 0 Å². The van der Waals surface area contributed by atoms with Crippen molar-refractivity contribution in [3.8, 4) is 17.2 Å². The molecule has 3 aromatic rings. The topological polar surface area (TPSA) is 91.2 Å². The van der Waals surface area contributed by atoms with E-state index in [1.54, 1.807) is 43.3 Å². The van der Waals surface area contributed by atoms with E-state index in [9.17, 15) is 4.79 Å². The van der Waals surface area contributed by atoms with Gasteiger partial charge in [0.25, 0.3) is 5.91 Å². The van der Waals surface area contributed by atoms with Crippen LogP contribution >= 0.6 is 11.6 Å². The van der Waals surface area contributed by atoms with Gasteiger partial charge in [-0.2, -0.15) is 0 Å². The predicted octanol–water partition coefficient (Wildman–Crippen LogP) is 2.73. The van der Waals surface area contributed by atoms with Crippen molar-refractivity contribution in [1.29, 1.82) is 0 Å². The number of rotatable bonds is 6. The van der Waals surface area contributed by atoms with Crippen molar-refractivity contribution >= 4 is 23.2 Å². The molecule has 1 amide bonds. The highest BCUT2D eigenvalue weighted by Crippen LogP contribution is 2.28. The van der Waals surface area contributed by atoms with Crippen molar-refractivity contribution in [3.05, 3.63) is 53.8 Å². The first-order chi connectivity index (χ1) is 12.6. The van der Waals surface area contributed by atoms with Gasteiger partial charge in [0, 0.05) is 11.1 Å². The number of nitrogens with one attached hydrogen (secondary N) is 1. The number of methoxy groups -OCH3 is 1. The Morgan fingerprint density at radius 3 is 2.85 bits per heavy atom. The molecule has 0 aliphatic carbocycles. The van der Waals surface area contributed by atoms with Crippen molar-refractivity contribution in [2.75, 3.05) is 12.4 Å². The molecule has 1 aromatic heterocycles. The largest absolute Gasteiger partial charge is 0.495 e. The zero-order chi connectivity index (χ0) is 18.5. The van der Waals surface area contributed by atoms with Crippen LogP contribution in [0, 0.1) is 0 Å². The molecule has 2 aromatic carbocycles. The van der Waals surface area contributed by atoms with Crippen LogP contribution in [-0.2, 0) is 4.79 Å². The Morgan fingerprint density at radius 2 is 2.12 bits per heavy atom. The Morgan fingerprint density at radius 1 is 1.27 bits per heavy atom. The van der Waals surface area contributed by atoms with E-state index < -0.39 is 6.10 Å². The van der Waals surface area contributed by atoms with E-state index in [4.69, 9.17) is 21.1 Å². The Kier molecular flexibility index (Phi) is 5.33. The maximum absolute atomic E-state index is 12.4. The highest BCUT2D eigenvalue weighted by molar-refractivity contribution is 6.31. The number of nitrogens with zero attached hydrogens (tertiary/aromatic N) is 4. The normalized spacial score (nSPS) is 11.7. The summed E-state index contributed by atoms with van der Waals surface area (Å²) in [7, 11) is 1.52. The number of ether oxygens (including phenoxy) is 2. The molecule has 1 atom stereocenters. The van der Waals surface area contributed by atoms with Crippen LogP contribution in [-0.4, -0.2) is 39.3 Å². The second-order valence-electron chi connectivity index (χ2n) is 5.35. The van der Waals surface area contributed by atoms with Crippen LogP contribution < -0.4 is 14.8 Å². The Bertz CT molecular complexity index is 901. The van der Waals surface area contributed by atoms with Crippen LogP contribution in [0.5, 0.6) is 11.5 Å². The maximum atomic E-state index is 12.4. The monoisotopic (exact) mass is 373 g/mol. The van der Waals surface area contributed by atoms with Crippen LogP contribution in [0.3, 0.4) is 0 Å². The lowest BCUT2D eigenvalue weighted by Crippen LogP contribution is -2.30. The lowest BCUT2D eigenvalue weighted by molar-refractivity contribution is -0.122. The molecule has 9 heteroatoms. The van der Waals surface area contributed by atoms with Gasteiger partial charge in [0.15, 0.2) is 6.10 Å². The van der Waals surface area contributed by atoms with Gasteiger partial charge in [0.05, 0.1) is 18.5 Å². The summed E-state index contributed by atoms with van der Waals surface area (Å²) >= 11 is 5.98. The van der Waals surface area contributed by atoms with Gasteiger partial charge in [-0.1, -0.05) is 17.7 Å². The number of anilines is 1. The maximum Gasteiger partial charge on any atom is 0.265 e. The molecule has 0 saturated carbocycles. The first-order valence-corrected chi connectivity index (χ1v) is 8.09. The molecule has 0 radical (unpaired) electrons. The Labute approximate surface area is 154 Å². The summed E-state index contributed by atoms with van der Waals surface area (Å²) < 4.78 is 12.4. The first kappa shape index (κ1) is 17.7. The predicted molar refractivity (Wildman–Crippen MR) is 95.9 cm³/mol. The number of tetrazole rings is 1. The fourth-order valence-electron chi connectivity index (χ4n) is 2.25. The minimum atomic E-state index is -0.747. The molecule has 0 fully saturated rings. The lowest BCUT2D eigenvalue weighted by Gasteiger charge is -2.16. The molecule has 8 nitrogen and oxygen atoms in total. The third kappa shape index (κ3) is 4.09. The number of hydrogen-bond acceptors (Lipinski definition) is 6. The molecule has 1 heterocycles. The van der Waals surface area contributed by atoms with Gasteiger partial charge in [-0.25, -0.2) is 4.68 Å². The highest BCUT2D eigenvalue weighted by atomic mass is 35.5. The fourth-order valence-corrected chi connectivity index (χ4v) is 2.42. The number of benzene rings is 2. The summed E-state index contributed by atoms with van der Waals surface area (Å²) in [4.78, 5) is 12.4. The van der Waals surface area contributed by atoms with Crippen molar-refractivity contribution < 1.29 is 14.3 Å². The zero-order valence-corrected chi connectivity index (χ0v) is 14.8. The molecule has 0 aliphatic rings. The number of carbonyl (C=O) groups excluding carboxylic acids is 1. The van der Waals surface area contributed by atoms with Crippen molar-refractivity contribution in [2.24, 2.45) is 0 Å². The minimum absolute atomic E-state index is 0.335. The van der Waals surface area contributed by atoms with Gasteiger partial charge in [0.1, 0.15) is 17.8 Å². The molecular weight excluding hydrogens is 358 g/mol. The van der Waals surface area contributed by atoms with Crippen LogP contribution in [0.25, 0.3) is 5.69 Å². The molecule has 26 heavy (non-hydrogen) atoms. The van der Waals surface area contributed by atoms with Crippen molar-refractivity contribution in [2.45, 2.75) is 13.0 Å². The SMILES string of the molecule is COc1ccc(Cl)cc1NC(=O)[C@@H](C)Oc1cccc(-n2cnnn2)c1. The van der Waals surface area contributed by atoms with Crippen molar-refractivity contribution in [1.82, 2.24) is 20.2 Å². The minimum Gasteiger partial charge on any atom is -0.495 e. The van der Waals surface area contributed by atoms with Crippen LogP contribution in [0.2, 0.25) is 5.02 Å². The molecule has 0 saturated heterocycles. The lowest BCUT2D eigenvalue weighted by atomic mass is 10.2. The summed E-state index contributed by atoms with van der Waals surface area (Å²) in [5.74, 6) is 0.688. The van der Waals surface area contributed by atoms with E-state index in [0.717, 1.165) is 5.69 Å². The van der Waals surface area contributed by atoms with Gasteiger partial charge in [-0.15, -0.1) is 5.10 Å². The summed E-state index contributed by atoms with van der Waals surface area (Å²) in [6.07, 6.45) is 0.725. The fraction of sp³-hybridized carbons (Fsp3) is 0.176. The molecule has 3 rings (SSSR count). The Hall–Kier alpha value is -3.13. The second-order valence-corrected chi connectivity index (χ2v) is 5.78. The zero-order valence-electron chi connectivity index (χ0n) is 14.1. The molecule has 0 aliphatic heterocycles. The third-order valence-corrected chi connectivity index (χ3v) is 3.77. The number of aromatic nitrogens is 4. The van der Waals surface area contributed by atoms with Gasteiger partial charge >= 0.3 is 0 Å². The highest BCUT2D eigenvalue weighted by Gasteiger charge is 2.17.